The van der Waals surface area contributed by atoms with E-state index in [4.69, 9.17) is 4.74 Å². The van der Waals surface area contributed by atoms with E-state index in [1.807, 2.05) is 0 Å². The van der Waals surface area contributed by atoms with Gasteiger partial charge in [0.25, 0.3) is 0 Å². The zero-order valence-corrected chi connectivity index (χ0v) is 14.4. The van der Waals surface area contributed by atoms with Gasteiger partial charge in [-0.15, -0.1) is 0 Å². The van der Waals surface area contributed by atoms with Crippen molar-refractivity contribution in [2.24, 2.45) is 0 Å². The second-order valence-electron chi connectivity index (χ2n) is 6.71. The monoisotopic (exact) mass is 337 g/mol. The summed E-state index contributed by atoms with van der Waals surface area (Å²) in [4.78, 5) is 0. The maximum atomic E-state index is 6.29. The smallest absolute Gasteiger partial charge is 0.143 e. The fourth-order valence-corrected chi connectivity index (χ4v) is 3.86. The number of ether oxygens (including phenoxy) is 1. The van der Waals surface area contributed by atoms with Crippen LogP contribution in [-0.4, -0.2) is 6.61 Å². The molecule has 0 aromatic heterocycles. The summed E-state index contributed by atoms with van der Waals surface area (Å²) in [5, 5.41) is 6.25. The lowest BCUT2D eigenvalue weighted by molar-refractivity contribution is 0.245. The van der Waals surface area contributed by atoms with Gasteiger partial charge in [0.05, 0.1) is 5.69 Å². The SMILES string of the molecule is c1ccc(C2(c3ccccc3)COc3ccc4ccccc4c3N2)cc1. The third-order valence-electron chi connectivity index (χ3n) is 5.21. The van der Waals surface area contributed by atoms with E-state index < -0.39 is 5.54 Å². The summed E-state index contributed by atoms with van der Waals surface area (Å²) in [6, 6.07) is 33.7. The fraction of sp³-hybridized carbons (Fsp3) is 0.0833. The van der Waals surface area contributed by atoms with Gasteiger partial charge in [-0.3, -0.25) is 0 Å². The highest BCUT2D eigenvalue weighted by molar-refractivity contribution is 5.97. The third-order valence-corrected chi connectivity index (χ3v) is 5.21. The summed E-state index contributed by atoms with van der Waals surface area (Å²) >= 11 is 0. The number of anilines is 1. The van der Waals surface area contributed by atoms with Gasteiger partial charge in [-0.1, -0.05) is 91.0 Å². The second-order valence-corrected chi connectivity index (χ2v) is 6.71. The van der Waals surface area contributed by atoms with Crippen molar-refractivity contribution in [1.29, 1.82) is 0 Å². The average Bonchev–Trinajstić information content (AvgIpc) is 2.74. The highest BCUT2D eigenvalue weighted by Gasteiger charge is 2.39. The van der Waals surface area contributed by atoms with Crippen LogP contribution in [0.3, 0.4) is 0 Å². The van der Waals surface area contributed by atoms with E-state index in [1.165, 1.54) is 21.9 Å². The predicted octanol–water partition coefficient (Wildman–Crippen LogP) is 5.59. The molecule has 2 nitrogen and oxygen atoms in total. The zero-order chi connectivity index (χ0) is 17.4. The quantitative estimate of drug-likeness (QED) is 0.515. The van der Waals surface area contributed by atoms with Gasteiger partial charge in [0.15, 0.2) is 0 Å². The van der Waals surface area contributed by atoms with Gasteiger partial charge in [0.1, 0.15) is 17.9 Å². The lowest BCUT2D eigenvalue weighted by Gasteiger charge is -2.41. The van der Waals surface area contributed by atoms with Crippen molar-refractivity contribution in [3.63, 3.8) is 0 Å². The standard InChI is InChI=1S/C24H19NO/c1-3-10-19(11-4-1)24(20-12-5-2-6-13-20)17-26-22-16-15-18-9-7-8-14-21(18)23(22)25-24/h1-16,25H,17H2. The molecule has 0 aliphatic carbocycles. The van der Waals surface area contributed by atoms with Gasteiger partial charge in [-0.05, 0) is 22.6 Å². The molecule has 26 heavy (non-hydrogen) atoms. The Hall–Kier alpha value is -3.26. The Morgan fingerprint density at radius 2 is 1.27 bits per heavy atom. The van der Waals surface area contributed by atoms with E-state index in [0.29, 0.717) is 6.61 Å². The minimum absolute atomic E-state index is 0.417. The average molecular weight is 337 g/mol. The zero-order valence-electron chi connectivity index (χ0n) is 14.4. The predicted molar refractivity (Wildman–Crippen MR) is 107 cm³/mol. The van der Waals surface area contributed by atoms with E-state index in [9.17, 15) is 0 Å². The minimum atomic E-state index is -0.417. The molecule has 4 aromatic rings. The lowest BCUT2D eigenvalue weighted by Crippen LogP contribution is -2.45. The van der Waals surface area contributed by atoms with Gasteiger partial charge < -0.3 is 10.1 Å². The van der Waals surface area contributed by atoms with Crippen LogP contribution in [0.1, 0.15) is 11.1 Å². The van der Waals surface area contributed by atoms with Gasteiger partial charge >= 0.3 is 0 Å². The maximum absolute atomic E-state index is 6.29. The Kier molecular flexibility index (Phi) is 3.42. The second kappa shape index (κ2) is 5.92. The first-order valence-corrected chi connectivity index (χ1v) is 8.91. The topological polar surface area (TPSA) is 21.3 Å². The molecule has 0 bridgehead atoms. The number of hydrogen-bond acceptors (Lipinski definition) is 2. The molecule has 126 valence electrons. The summed E-state index contributed by atoms with van der Waals surface area (Å²) < 4.78 is 6.29. The molecule has 0 atom stereocenters. The molecule has 0 saturated carbocycles. The molecule has 1 aliphatic heterocycles. The van der Waals surface area contributed by atoms with Crippen LogP contribution in [0.25, 0.3) is 10.8 Å². The number of hydrogen-bond donors (Lipinski definition) is 1. The molecule has 2 heteroatoms. The summed E-state index contributed by atoms with van der Waals surface area (Å²) in [5.41, 5.74) is 3.04. The van der Waals surface area contributed by atoms with Crippen LogP contribution in [0.2, 0.25) is 0 Å². The molecule has 0 unspecified atom stereocenters. The minimum Gasteiger partial charge on any atom is -0.488 e. The Bertz CT molecular complexity index is 1020. The van der Waals surface area contributed by atoms with Crippen molar-refractivity contribution < 1.29 is 4.74 Å². The first-order chi connectivity index (χ1) is 12.9. The summed E-state index contributed by atoms with van der Waals surface area (Å²) in [7, 11) is 0. The largest absolute Gasteiger partial charge is 0.488 e. The van der Waals surface area contributed by atoms with Crippen LogP contribution in [0.15, 0.2) is 97.1 Å². The maximum Gasteiger partial charge on any atom is 0.143 e. The number of rotatable bonds is 2. The van der Waals surface area contributed by atoms with Crippen LogP contribution in [0.4, 0.5) is 5.69 Å². The third kappa shape index (κ3) is 2.26. The van der Waals surface area contributed by atoms with Crippen LogP contribution in [0.5, 0.6) is 5.75 Å². The van der Waals surface area contributed by atoms with Crippen molar-refractivity contribution in [3.8, 4) is 5.75 Å². The van der Waals surface area contributed by atoms with Crippen molar-refractivity contribution in [2.75, 3.05) is 11.9 Å². The molecule has 5 rings (SSSR count). The Morgan fingerprint density at radius 1 is 0.654 bits per heavy atom. The summed E-state index contributed by atoms with van der Waals surface area (Å²) in [5.74, 6) is 0.909. The van der Waals surface area contributed by atoms with Crippen molar-refractivity contribution in [2.45, 2.75) is 5.54 Å². The van der Waals surface area contributed by atoms with Crippen molar-refractivity contribution in [1.82, 2.24) is 0 Å². The number of fused-ring (bicyclic) bond motifs is 3. The van der Waals surface area contributed by atoms with Gasteiger partial charge in [0.2, 0.25) is 0 Å². The first kappa shape index (κ1) is 15.0. The molecule has 0 saturated heterocycles. The Balaban J connectivity index is 1.75. The summed E-state index contributed by atoms with van der Waals surface area (Å²) in [6.45, 7) is 0.548. The molecule has 1 heterocycles. The highest BCUT2D eigenvalue weighted by atomic mass is 16.5. The first-order valence-electron chi connectivity index (χ1n) is 8.91. The van der Waals surface area contributed by atoms with Gasteiger partial charge in [-0.25, -0.2) is 0 Å². The normalized spacial score (nSPS) is 14.9. The van der Waals surface area contributed by atoms with Crippen LogP contribution >= 0.6 is 0 Å². The molecule has 0 radical (unpaired) electrons. The molecule has 0 spiro atoms. The number of benzene rings is 4. The van der Waals surface area contributed by atoms with E-state index in [0.717, 1.165) is 11.4 Å². The lowest BCUT2D eigenvalue weighted by atomic mass is 9.82. The summed E-state index contributed by atoms with van der Waals surface area (Å²) in [6.07, 6.45) is 0. The number of nitrogens with one attached hydrogen (secondary N) is 1. The molecule has 0 amide bonds. The molecule has 4 aromatic carbocycles. The van der Waals surface area contributed by atoms with Crippen LogP contribution in [0, 0.1) is 0 Å². The molecule has 1 N–H and O–H groups in total. The molecule has 1 aliphatic rings. The van der Waals surface area contributed by atoms with E-state index in [1.54, 1.807) is 0 Å². The van der Waals surface area contributed by atoms with Gasteiger partial charge in [0, 0.05) is 5.39 Å². The molecular weight excluding hydrogens is 318 g/mol. The Labute approximate surface area is 153 Å². The van der Waals surface area contributed by atoms with Crippen LogP contribution < -0.4 is 10.1 Å². The van der Waals surface area contributed by atoms with E-state index >= 15 is 0 Å². The molecular formula is C24H19NO. The van der Waals surface area contributed by atoms with Gasteiger partial charge in [-0.2, -0.15) is 0 Å². The highest BCUT2D eigenvalue weighted by Crippen LogP contribution is 2.44. The van der Waals surface area contributed by atoms with E-state index in [-0.39, 0.29) is 0 Å². The van der Waals surface area contributed by atoms with Crippen LogP contribution in [-0.2, 0) is 5.54 Å². The molecule has 0 fully saturated rings. The van der Waals surface area contributed by atoms with Crippen molar-refractivity contribution in [3.05, 3.63) is 108 Å². The van der Waals surface area contributed by atoms with Crippen molar-refractivity contribution >= 4 is 16.5 Å². The Morgan fingerprint density at radius 3 is 1.96 bits per heavy atom. The fourth-order valence-electron chi connectivity index (χ4n) is 3.86. The van der Waals surface area contributed by atoms with E-state index in [2.05, 4.69) is 102 Å².